The number of hydrogen-bond donors (Lipinski definition) is 1. The van der Waals surface area contributed by atoms with E-state index in [1.54, 1.807) is 0 Å². The molecular weight excluding hydrogens is 276 g/mol. The Morgan fingerprint density at radius 3 is 2.57 bits per heavy atom. The van der Waals surface area contributed by atoms with Crippen LogP contribution in [0.4, 0.5) is 0 Å². The zero-order valence-electron chi connectivity index (χ0n) is 13.5. The second kappa shape index (κ2) is 6.31. The predicted octanol–water partition coefficient (Wildman–Crippen LogP) is 3.55. The van der Waals surface area contributed by atoms with Crippen molar-refractivity contribution in [1.29, 1.82) is 0 Å². The lowest BCUT2D eigenvalue weighted by atomic mass is 9.98. The summed E-state index contributed by atoms with van der Waals surface area (Å²) in [6.07, 6.45) is 5.08. The summed E-state index contributed by atoms with van der Waals surface area (Å²) in [5.74, 6) is 0.932. The Morgan fingerprint density at radius 1 is 1.24 bits per heavy atom. The summed E-state index contributed by atoms with van der Waals surface area (Å²) in [5.41, 5.74) is 1.45. The van der Waals surface area contributed by atoms with Crippen LogP contribution in [0.5, 0.6) is 0 Å². The molecule has 3 rings (SSSR count). The van der Waals surface area contributed by atoms with Crippen LogP contribution in [0, 0.1) is 5.92 Å². The molecule has 0 spiro atoms. The van der Waals surface area contributed by atoms with E-state index in [-0.39, 0.29) is 0 Å². The van der Waals surface area contributed by atoms with E-state index in [2.05, 4.69) is 60.7 Å². The number of nitrogens with one attached hydrogen (secondary N) is 1. The Balaban J connectivity index is 1.76. The first kappa shape index (κ1) is 15.4. The van der Waals surface area contributed by atoms with Crippen LogP contribution in [0.2, 0.25) is 0 Å². The molecule has 1 aliphatic carbocycles. The van der Waals surface area contributed by atoms with Gasteiger partial charge in [0.1, 0.15) is 0 Å². The van der Waals surface area contributed by atoms with Gasteiger partial charge in [-0.1, -0.05) is 30.3 Å². The van der Waals surface area contributed by atoms with E-state index in [0.29, 0.717) is 16.8 Å². The summed E-state index contributed by atoms with van der Waals surface area (Å²) in [7, 11) is 0. The van der Waals surface area contributed by atoms with Gasteiger partial charge in [-0.2, -0.15) is 11.8 Å². The minimum absolute atomic E-state index is 0.318. The number of benzene rings is 1. The molecule has 2 unspecified atom stereocenters. The number of hydrogen-bond acceptors (Lipinski definition) is 3. The van der Waals surface area contributed by atoms with Crippen molar-refractivity contribution in [2.45, 2.75) is 43.5 Å². The summed E-state index contributed by atoms with van der Waals surface area (Å²) in [6, 6.07) is 12.2. The van der Waals surface area contributed by atoms with Gasteiger partial charge >= 0.3 is 0 Å². The Morgan fingerprint density at radius 2 is 1.95 bits per heavy atom. The van der Waals surface area contributed by atoms with Crippen LogP contribution in [-0.4, -0.2) is 41.6 Å². The Bertz CT molecular complexity index is 456. The summed E-state index contributed by atoms with van der Waals surface area (Å²) in [6.45, 7) is 8.20. The normalized spacial score (nSPS) is 27.8. The Labute approximate surface area is 133 Å². The van der Waals surface area contributed by atoms with Crippen molar-refractivity contribution in [3.8, 4) is 0 Å². The highest BCUT2D eigenvalue weighted by molar-refractivity contribution is 7.99. The third kappa shape index (κ3) is 3.82. The highest BCUT2D eigenvalue weighted by Gasteiger charge is 2.38. The molecule has 0 bridgehead atoms. The van der Waals surface area contributed by atoms with E-state index < -0.39 is 0 Å². The smallest absolute Gasteiger partial charge is 0.0474 e. The molecule has 1 aromatic rings. The van der Waals surface area contributed by atoms with Gasteiger partial charge < -0.3 is 5.32 Å². The topological polar surface area (TPSA) is 15.3 Å². The van der Waals surface area contributed by atoms with Gasteiger partial charge in [0.2, 0.25) is 0 Å². The van der Waals surface area contributed by atoms with Crippen LogP contribution in [-0.2, 0) is 0 Å². The van der Waals surface area contributed by atoms with Crippen molar-refractivity contribution in [3.63, 3.8) is 0 Å². The fourth-order valence-corrected chi connectivity index (χ4v) is 3.68. The molecule has 2 fully saturated rings. The maximum Gasteiger partial charge on any atom is 0.0474 e. The van der Waals surface area contributed by atoms with E-state index in [1.807, 2.05) is 11.8 Å². The molecule has 1 heterocycles. The molecule has 116 valence electrons. The van der Waals surface area contributed by atoms with Gasteiger partial charge in [0, 0.05) is 36.5 Å². The average molecular weight is 305 g/mol. The molecular formula is C18H28N2S. The van der Waals surface area contributed by atoms with E-state index in [9.17, 15) is 0 Å². The highest BCUT2D eigenvalue weighted by Crippen LogP contribution is 2.37. The molecule has 1 aliphatic heterocycles. The third-order valence-corrected chi connectivity index (χ3v) is 6.19. The lowest BCUT2D eigenvalue weighted by Crippen LogP contribution is -2.55. The van der Waals surface area contributed by atoms with E-state index >= 15 is 0 Å². The van der Waals surface area contributed by atoms with Crippen LogP contribution in [0.15, 0.2) is 30.3 Å². The van der Waals surface area contributed by atoms with Gasteiger partial charge in [0.05, 0.1) is 0 Å². The molecule has 21 heavy (non-hydrogen) atoms. The SMILES string of the molecule is CSC(C)(C)CN1CC(C2CC2)NCC1c1ccccc1. The number of thioether (sulfide) groups is 1. The summed E-state index contributed by atoms with van der Waals surface area (Å²) in [5, 5.41) is 3.81. The maximum atomic E-state index is 3.81. The molecule has 1 saturated carbocycles. The zero-order valence-corrected chi connectivity index (χ0v) is 14.3. The molecule has 2 nitrogen and oxygen atoms in total. The Kier molecular flexibility index (Phi) is 4.63. The molecule has 1 N–H and O–H groups in total. The minimum Gasteiger partial charge on any atom is -0.311 e. The first-order chi connectivity index (χ1) is 10.1. The Hall–Kier alpha value is -0.510. The molecule has 2 atom stereocenters. The van der Waals surface area contributed by atoms with Crippen molar-refractivity contribution in [2.24, 2.45) is 5.92 Å². The molecule has 0 aromatic heterocycles. The average Bonchev–Trinajstić information content (AvgIpc) is 3.32. The van der Waals surface area contributed by atoms with E-state index in [1.165, 1.54) is 31.5 Å². The molecule has 1 saturated heterocycles. The van der Waals surface area contributed by atoms with Gasteiger partial charge in [-0.15, -0.1) is 0 Å². The zero-order chi connectivity index (χ0) is 14.9. The second-order valence-electron chi connectivity index (χ2n) is 7.17. The van der Waals surface area contributed by atoms with Gasteiger partial charge in [0.25, 0.3) is 0 Å². The van der Waals surface area contributed by atoms with E-state index in [0.717, 1.165) is 12.5 Å². The predicted molar refractivity (Wildman–Crippen MR) is 92.9 cm³/mol. The molecule has 3 heteroatoms. The van der Waals surface area contributed by atoms with Crippen LogP contribution >= 0.6 is 11.8 Å². The number of rotatable bonds is 5. The minimum atomic E-state index is 0.318. The quantitative estimate of drug-likeness (QED) is 0.895. The van der Waals surface area contributed by atoms with Crippen molar-refractivity contribution in [1.82, 2.24) is 10.2 Å². The van der Waals surface area contributed by atoms with Crippen molar-refractivity contribution >= 4 is 11.8 Å². The molecule has 1 aromatic carbocycles. The van der Waals surface area contributed by atoms with Crippen LogP contribution < -0.4 is 5.32 Å². The number of piperazine rings is 1. The lowest BCUT2D eigenvalue weighted by molar-refractivity contribution is 0.114. The van der Waals surface area contributed by atoms with Crippen molar-refractivity contribution in [3.05, 3.63) is 35.9 Å². The maximum absolute atomic E-state index is 3.81. The molecule has 2 aliphatic rings. The summed E-state index contributed by atoms with van der Waals surface area (Å²) < 4.78 is 0.318. The summed E-state index contributed by atoms with van der Waals surface area (Å²) >= 11 is 1.98. The number of nitrogens with zero attached hydrogens (tertiary/aromatic N) is 1. The van der Waals surface area contributed by atoms with Crippen LogP contribution in [0.1, 0.15) is 38.3 Å². The van der Waals surface area contributed by atoms with E-state index in [4.69, 9.17) is 0 Å². The highest BCUT2D eigenvalue weighted by atomic mass is 32.2. The standard InChI is InChI=1S/C18H28N2S/c1-18(2,21-3)13-20-12-16(14-9-10-14)19-11-17(20)15-7-5-4-6-8-15/h4-8,14,16-17,19H,9-13H2,1-3H3. The summed E-state index contributed by atoms with van der Waals surface area (Å²) in [4.78, 5) is 2.73. The first-order valence-corrected chi connectivity index (χ1v) is 9.39. The van der Waals surface area contributed by atoms with Crippen molar-refractivity contribution < 1.29 is 0 Å². The second-order valence-corrected chi connectivity index (χ2v) is 8.69. The van der Waals surface area contributed by atoms with Crippen molar-refractivity contribution in [2.75, 3.05) is 25.9 Å². The monoisotopic (exact) mass is 304 g/mol. The largest absolute Gasteiger partial charge is 0.311 e. The lowest BCUT2D eigenvalue weighted by Gasteiger charge is -2.44. The third-order valence-electron chi connectivity index (χ3n) is 4.96. The van der Waals surface area contributed by atoms with Gasteiger partial charge in [-0.3, -0.25) is 4.90 Å². The molecule has 0 amide bonds. The van der Waals surface area contributed by atoms with Crippen LogP contribution in [0.3, 0.4) is 0 Å². The van der Waals surface area contributed by atoms with Gasteiger partial charge in [-0.05, 0) is 44.4 Å². The van der Waals surface area contributed by atoms with Crippen LogP contribution in [0.25, 0.3) is 0 Å². The van der Waals surface area contributed by atoms with Gasteiger partial charge in [0.15, 0.2) is 0 Å². The molecule has 0 radical (unpaired) electrons. The fourth-order valence-electron chi connectivity index (χ4n) is 3.38. The fraction of sp³-hybridized carbons (Fsp3) is 0.667. The van der Waals surface area contributed by atoms with Gasteiger partial charge in [-0.25, -0.2) is 0 Å². The first-order valence-electron chi connectivity index (χ1n) is 8.16.